The molecule has 14 aliphatic rings. The van der Waals surface area contributed by atoms with E-state index in [0.29, 0.717) is 64.2 Å². The highest BCUT2D eigenvalue weighted by molar-refractivity contribution is 5.79. The maximum absolute atomic E-state index is 15.8. The summed E-state index contributed by atoms with van der Waals surface area (Å²) >= 11 is 0. The number of carbonyl (C=O) groups excluding carboxylic acids is 1. The van der Waals surface area contributed by atoms with Crippen LogP contribution >= 0.6 is 0 Å². The Morgan fingerprint density at radius 2 is 0.877 bits per heavy atom. The third kappa shape index (κ3) is 17.2. The molecule has 702 valence electrons. The summed E-state index contributed by atoms with van der Waals surface area (Å²) < 4.78 is 108. The molecule has 14 rings (SSSR count). The molecule has 4 saturated carbocycles. The standard InChI is InChI=1S/C80H130O42/c1-28-42(86)51(95)56(100)65(110-28)108-25-37-49(93)53(97)64(121-68-57(101)52(96)48(92)36(21-81)113-68)73(114-37)115-38-26-109-67(55(99)50(38)94)118-61-44(88)30(3)112-70(59(61)103)120-63-47(91)35(85)24-107-72(63)122-74(104)80-18-16-75(4,5)20-32(80)31-10-11-40-76(6)14-13-41(77(7,27-82)39(76)12-15-79(40,9)78(31,8)17-19-80)116-71-62(46(90)34(84)23-106-71)119-69-58(102)60(43(87)29(2)111-69)117-66-54(98)45(89)33(83)22-105-66/h10,28-30,32-73,81-103H,11-27H2,1-9H3/t28-,29-,30-,32+,33+,34-,35-,36+,37+,38+,39-,40+,41-,42-,43-,44-,45-,46-,47-,48+,49+,50-,51-,52-,53-,54+,55+,56+,57+,58+,59+,60+,61+,62+,63+,64+,65+,66-,67-,68+,69-,70-,71-,72-,73-,76-,77+,78+,79+,80-/m0/s1. The molecule has 0 amide bonds. The number of ether oxygens (including phenoxy) is 18. The quantitative estimate of drug-likeness (QED) is 0.0288. The Hall–Kier alpha value is -2.39. The van der Waals surface area contributed by atoms with Crippen LogP contribution < -0.4 is 0 Å². The molecule has 5 aliphatic carbocycles. The molecular formula is C80H130O42. The molecule has 122 heavy (non-hydrogen) atoms. The first-order valence-electron chi connectivity index (χ1n) is 42.8. The van der Waals surface area contributed by atoms with Crippen LogP contribution in [0.5, 0.6) is 0 Å². The van der Waals surface area contributed by atoms with Gasteiger partial charge in [0, 0.05) is 5.41 Å². The van der Waals surface area contributed by atoms with E-state index in [1.54, 1.807) is 0 Å². The number of fused-ring (bicyclic) bond motifs is 7. The third-order valence-corrected chi connectivity index (χ3v) is 30.5. The SMILES string of the molecule is C[C@@H]1O[C@@H](OC[C@H]2O[C@@H](O[C@@H]3CO[C@@H](O[C@@H]4[C@@H](O)[C@H](C)O[C@@H](O[C@H]5[C@H](OC(=O)[C@]67CCC(C)(C)C[C@@H]6C6=CC[C@@H]8[C@@]9(C)CC[C@H](O[C@@H]%10OC[C@H](O)[C@H](O)[C@H]%10O[C@@H]%10O[C@@H](C)[C@H](O)[C@@H](O[C@@H]%11OC[C@@H](O)[C@H](O)[C@H]%11O)[C@H]%10O)[C@](C)(CO)[C@H]9CC[C@@]8(C)[C@]6(C)CC7)OC[C@H](O)[C@@H]5O)[C@@H]4O)[C@H](O)[C@H]3O)[C@H](O[C@H]3O[C@H](CO)[C@@H](O)[C@H](O)[C@H]3O)[C@@H](O)[C@@H]2O)[C@H](O)[C@@H](O)[C@H]1O. The normalized spacial score (nSPS) is 55.5. The first-order valence-corrected chi connectivity index (χ1v) is 42.8. The van der Waals surface area contributed by atoms with Gasteiger partial charge in [-0.2, -0.15) is 0 Å². The van der Waals surface area contributed by atoms with Gasteiger partial charge in [0.25, 0.3) is 0 Å². The highest BCUT2D eigenvalue weighted by Crippen LogP contribution is 2.76. The van der Waals surface area contributed by atoms with Gasteiger partial charge in [-0.1, -0.05) is 53.2 Å². The Morgan fingerprint density at radius 1 is 0.402 bits per heavy atom. The Morgan fingerprint density at radius 3 is 1.48 bits per heavy atom. The third-order valence-electron chi connectivity index (χ3n) is 30.5. The van der Waals surface area contributed by atoms with Crippen molar-refractivity contribution in [2.75, 3.05) is 46.2 Å². The zero-order chi connectivity index (χ0) is 88.6. The average molecular weight is 1760 g/mol. The second kappa shape index (κ2) is 37.0. The largest absolute Gasteiger partial charge is 0.432 e. The second-order valence-corrected chi connectivity index (χ2v) is 38.4. The number of carbonyl (C=O) groups is 1. The fourth-order valence-electron chi connectivity index (χ4n) is 22.5. The molecule has 0 unspecified atom stereocenters. The van der Waals surface area contributed by atoms with E-state index in [1.807, 2.05) is 6.92 Å². The van der Waals surface area contributed by atoms with Crippen molar-refractivity contribution in [1.29, 1.82) is 0 Å². The van der Waals surface area contributed by atoms with E-state index in [0.717, 1.165) is 5.57 Å². The van der Waals surface area contributed by atoms with Gasteiger partial charge in [-0.25, -0.2) is 0 Å². The number of hydrogen-bond donors (Lipinski definition) is 23. The Balaban J connectivity index is 0.640. The zero-order valence-corrected chi connectivity index (χ0v) is 69.6. The molecule has 0 aromatic rings. The smallest absolute Gasteiger partial charge is 0.315 e. The predicted molar refractivity (Wildman–Crippen MR) is 399 cm³/mol. The lowest BCUT2D eigenvalue weighted by atomic mass is 9.33. The summed E-state index contributed by atoms with van der Waals surface area (Å²) in [5.41, 5.74) is -2.59. The van der Waals surface area contributed by atoms with E-state index in [9.17, 15) is 117 Å². The van der Waals surface area contributed by atoms with Gasteiger partial charge in [0.2, 0.25) is 6.29 Å². The van der Waals surface area contributed by atoms with E-state index in [2.05, 4.69) is 40.7 Å². The van der Waals surface area contributed by atoms with Crippen molar-refractivity contribution < 1.29 is 208 Å². The van der Waals surface area contributed by atoms with Gasteiger partial charge in [-0.3, -0.25) is 4.79 Å². The fourth-order valence-corrected chi connectivity index (χ4v) is 22.5. The summed E-state index contributed by atoms with van der Waals surface area (Å²) in [5, 5.41) is 255. The molecule has 50 atom stereocenters. The maximum Gasteiger partial charge on any atom is 0.315 e. The van der Waals surface area contributed by atoms with Gasteiger partial charge >= 0.3 is 5.97 Å². The van der Waals surface area contributed by atoms with Crippen LogP contribution in [0.4, 0.5) is 0 Å². The molecule has 42 nitrogen and oxygen atoms in total. The molecule has 0 aromatic heterocycles. The van der Waals surface area contributed by atoms with Gasteiger partial charge < -0.3 is 203 Å². The van der Waals surface area contributed by atoms with E-state index in [1.165, 1.54) is 20.8 Å². The minimum Gasteiger partial charge on any atom is -0.432 e. The summed E-state index contributed by atoms with van der Waals surface area (Å²) in [6.45, 7) is 13.4. The number of esters is 1. The Kier molecular flexibility index (Phi) is 29.0. The summed E-state index contributed by atoms with van der Waals surface area (Å²) in [6, 6.07) is 0. The summed E-state index contributed by atoms with van der Waals surface area (Å²) in [4.78, 5) is 15.8. The minimum atomic E-state index is -2.15. The first kappa shape index (κ1) is 95.7. The fraction of sp³-hybridized carbons (Fsp3) is 0.963. The van der Waals surface area contributed by atoms with Crippen LogP contribution in [-0.4, -0.2) is 428 Å². The van der Waals surface area contributed by atoms with Crippen LogP contribution in [0.1, 0.15) is 127 Å². The molecule has 0 aromatic carbocycles. The molecule has 42 heteroatoms. The number of rotatable bonds is 21. The number of allylic oxidation sites excluding steroid dienone is 2. The lowest BCUT2D eigenvalue weighted by molar-refractivity contribution is -0.391. The van der Waals surface area contributed by atoms with Crippen molar-refractivity contribution in [3.63, 3.8) is 0 Å². The Labute approximate surface area is 703 Å². The van der Waals surface area contributed by atoms with Gasteiger partial charge in [-0.05, 0) is 124 Å². The monoisotopic (exact) mass is 1760 g/mol. The van der Waals surface area contributed by atoms with Gasteiger partial charge in [0.15, 0.2) is 56.4 Å². The molecule has 9 aliphatic heterocycles. The molecular weight excluding hydrogens is 1630 g/mol. The van der Waals surface area contributed by atoms with Crippen molar-refractivity contribution in [2.45, 2.75) is 385 Å². The van der Waals surface area contributed by atoms with E-state index >= 15 is 4.79 Å². The van der Waals surface area contributed by atoms with Crippen LogP contribution in [0.2, 0.25) is 0 Å². The Bertz CT molecular complexity index is 3520. The number of aliphatic hydroxyl groups is 23. The minimum absolute atomic E-state index is 0.0240. The van der Waals surface area contributed by atoms with Crippen molar-refractivity contribution in [2.24, 2.45) is 50.2 Å². The molecule has 0 spiro atoms. The van der Waals surface area contributed by atoms with Crippen molar-refractivity contribution in [1.82, 2.24) is 0 Å². The van der Waals surface area contributed by atoms with E-state index in [-0.39, 0.29) is 36.4 Å². The molecule has 0 radical (unpaired) electrons. The van der Waals surface area contributed by atoms with Crippen molar-refractivity contribution in [3.05, 3.63) is 11.6 Å². The summed E-state index contributed by atoms with van der Waals surface area (Å²) in [6.07, 6.45) is -64.0. The topological polar surface area (TPSA) is 649 Å². The molecule has 9 heterocycles. The zero-order valence-electron chi connectivity index (χ0n) is 69.6. The lowest BCUT2D eigenvalue weighted by Crippen LogP contribution is -2.67. The molecule has 13 fully saturated rings. The van der Waals surface area contributed by atoms with Crippen LogP contribution in [0, 0.1) is 50.2 Å². The highest BCUT2D eigenvalue weighted by Gasteiger charge is 2.72. The predicted octanol–water partition coefficient (Wildman–Crippen LogP) is -8.30. The van der Waals surface area contributed by atoms with Crippen molar-refractivity contribution >= 4 is 5.97 Å². The summed E-state index contributed by atoms with van der Waals surface area (Å²) in [5.74, 6) is -1.18. The summed E-state index contributed by atoms with van der Waals surface area (Å²) in [7, 11) is 0. The van der Waals surface area contributed by atoms with Gasteiger partial charge in [0.05, 0.1) is 76.1 Å². The lowest BCUT2D eigenvalue weighted by Gasteiger charge is -2.71. The van der Waals surface area contributed by atoms with Crippen LogP contribution in [-0.2, 0) is 90.1 Å². The molecule has 23 N–H and O–H groups in total. The maximum atomic E-state index is 15.8. The first-order chi connectivity index (χ1) is 57.4. The molecule has 0 bridgehead atoms. The molecule has 9 saturated heterocycles. The number of aliphatic hydroxyl groups excluding tert-OH is 23. The number of hydrogen-bond acceptors (Lipinski definition) is 42. The second-order valence-electron chi connectivity index (χ2n) is 38.4. The van der Waals surface area contributed by atoms with E-state index in [4.69, 9.17) is 85.3 Å². The van der Waals surface area contributed by atoms with Gasteiger partial charge in [0.1, 0.15) is 171 Å². The van der Waals surface area contributed by atoms with E-state index < -0.39 is 324 Å². The van der Waals surface area contributed by atoms with Crippen molar-refractivity contribution in [3.8, 4) is 0 Å². The average Bonchev–Trinajstić information content (AvgIpc) is 0.672. The van der Waals surface area contributed by atoms with Crippen LogP contribution in [0.25, 0.3) is 0 Å². The van der Waals surface area contributed by atoms with Crippen LogP contribution in [0.3, 0.4) is 0 Å². The van der Waals surface area contributed by atoms with Crippen LogP contribution in [0.15, 0.2) is 11.6 Å². The highest BCUT2D eigenvalue weighted by atomic mass is 16.8. The van der Waals surface area contributed by atoms with Gasteiger partial charge in [-0.15, -0.1) is 0 Å².